The predicted molar refractivity (Wildman–Crippen MR) is 458 cm³/mol. The van der Waals surface area contributed by atoms with Gasteiger partial charge in [0.05, 0.1) is 0 Å². The first-order valence-corrected chi connectivity index (χ1v) is 38.2. The number of hydrogen-bond donors (Lipinski definition) is 0. The molecule has 0 bridgehead atoms. The van der Waals surface area contributed by atoms with Gasteiger partial charge < -0.3 is 38.2 Å². The minimum absolute atomic E-state index is 0. The molecule has 6 heterocycles. The summed E-state index contributed by atoms with van der Waals surface area (Å²) < 4.78 is 17.9. The predicted octanol–water partition coefficient (Wildman–Crippen LogP) is 26.3. The van der Waals surface area contributed by atoms with Gasteiger partial charge in [-0.25, -0.2) is 9.97 Å². The number of para-hydroxylation sites is 2. The van der Waals surface area contributed by atoms with Crippen LogP contribution in [0.3, 0.4) is 0 Å². The van der Waals surface area contributed by atoms with Crippen LogP contribution in [0, 0.1) is 48.4 Å². The van der Waals surface area contributed by atoms with Crippen molar-refractivity contribution < 1.29 is 51.6 Å². The van der Waals surface area contributed by atoms with Crippen LogP contribution in [-0.4, -0.2) is 19.1 Å². The van der Waals surface area contributed by atoms with Gasteiger partial charge in [-0.05, 0) is 139 Å². The summed E-state index contributed by atoms with van der Waals surface area (Å²) >= 11 is 0. The molecule has 4 aromatic heterocycles. The second kappa shape index (κ2) is 31.0. The molecule has 112 heavy (non-hydrogen) atoms. The van der Waals surface area contributed by atoms with Gasteiger partial charge in [-0.2, -0.15) is 12.1 Å². The van der Waals surface area contributed by atoms with Gasteiger partial charge in [-0.3, -0.25) is 0 Å². The van der Waals surface area contributed by atoms with Gasteiger partial charge in [0.1, 0.15) is 11.6 Å². The smallest absolute Gasteiger partial charge is 0.135 e. The summed E-state index contributed by atoms with van der Waals surface area (Å²) in [4.78, 5) is 18.6. The minimum atomic E-state index is -0.122. The number of hydrogen-bond acceptors (Lipinski definition) is 8. The Morgan fingerprint density at radius 2 is 0.696 bits per heavy atom. The Bertz CT molecular complexity index is 5830. The Labute approximate surface area is 692 Å². The summed E-state index contributed by atoms with van der Waals surface area (Å²) in [7, 11) is 0. The Morgan fingerprint density at radius 1 is 0.304 bits per heavy atom. The monoisotopic (exact) mass is 1830 g/mol. The molecule has 0 saturated heterocycles. The van der Waals surface area contributed by atoms with Crippen molar-refractivity contribution in [1.29, 1.82) is 0 Å². The summed E-state index contributed by atoms with van der Waals surface area (Å²) in [6.07, 6.45) is 8.25. The van der Waals surface area contributed by atoms with Gasteiger partial charge in [0.2, 0.25) is 0 Å². The first-order valence-electron chi connectivity index (χ1n) is 38.2. The van der Waals surface area contributed by atoms with E-state index in [0.29, 0.717) is 23.0 Å². The molecule has 0 amide bonds. The van der Waals surface area contributed by atoms with Crippen molar-refractivity contribution in [2.45, 2.75) is 146 Å². The zero-order valence-corrected chi connectivity index (χ0v) is 72.0. The van der Waals surface area contributed by atoms with E-state index >= 15 is 0 Å². The number of pyridine rings is 2. The van der Waals surface area contributed by atoms with E-state index < -0.39 is 0 Å². The van der Waals surface area contributed by atoms with Gasteiger partial charge >= 0.3 is 0 Å². The molecular formula is C100H98N8O2Pt2-6. The molecule has 10 nitrogen and oxygen atoms in total. The maximum absolute atomic E-state index is 6.75. The zero-order valence-electron chi connectivity index (χ0n) is 67.4. The van der Waals surface area contributed by atoms with Crippen molar-refractivity contribution >= 4 is 66.4 Å². The third-order valence-electron chi connectivity index (χ3n) is 20.7. The number of nitrogens with zero attached hydrogens (tertiary/aromatic N) is 8. The standard InChI is InChI=1S/2C50H49N4O.2Pt/c1-48(2,3)36-18-15-19-38(28-36)53-33-52(32-46(53)50(7,8)9)39-26-35(34-16-11-10-12-17-34)27-41(30-39)55-40-22-23-43-42-20-13-14-21-44(42)54(45(43)31-40)47-29-37(24-25-51-47)49(4,5)6;1-48(2,3)36-19-21-38(22-20-36)53-33-52(32-46(53)50(7,8)9)39-27-35(34-15-11-10-12-16-34)28-41(30-39)55-40-23-24-43-42-17-13-14-18-44(42)54(45(43)31-40)47-29-37(25-26-51-47)49(4,5)6;;/h2*10-29,32-33H,1-9H3;;/q2*-3;;. The first kappa shape index (κ1) is 79.8. The number of anilines is 4. The zero-order chi connectivity index (χ0) is 77.4. The second-order valence-corrected chi connectivity index (χ2v) is 35.3. The SMILES string of the molecule is CC(C)(C)C1=CN(c2[c-]c(Oc3[c-]c4c(cc3)c3ccccc3n4-c3cc(C(C)(C)C)ccn3)cc(-c3ccccc3)c2)[CH-]N1c1ccc(C(C)(C)C)cc1.CC(C)(C)C1=CN(c2[c-]c(Oc3[c-]c4c(cc3)c3ccccc3n4-c3cc(C(C)(C)C)ccn3)cc(-c3ccccc3)c2)[CH-]N1c1cccc(C(C)(C)C)c1.[Pt].[Pt]. The summed E-state index contributed by atoms with van der Waals surface area (Å²) in [6.45, 7) is 44.8. The number of aromatic nitrogens is 4. The normalized spacial score (nSPS) is 13.6. The summed E-state index contributed by atoms with van der Waals surface area (Å²) in [5, 5.41) is 4.48. The summed E-state index contributed by atoms with van der Waals surface area (Å²) in [5.41, 5.74) is 19.5. The second-order valence-electron chi connectivity index (χ2n) is 35.3. The van der Waals surface area contributed by atoms with Gasteiger partial charge in [-0.15, -0.1) is 107 Å². The molecule has 0 aliphatic carbocycles. The fraction of sp³-hybridized carbons (Fsp3) is 0.240. The van der Waals surface area contributed by atoms with Crippen molar-refractivity contribution in [3.8, 4) is 56.9 Å². The van der Waals surface area contributed by atoms with E-state index in [9.17, 15) is 0 Å². The average Bonchev–Trinajstić information content (AvgIpc) is 1.59. The quantitative estimate of drug-likeness (QED) is 0.112. The van der Waals surface area contributed by atoms with Crippen LogP contribution in [0.25, 0.3) is 77.5 Å². The van der Waals surface area contributed by atoms with E-state index in [4.69, 9.17) is 19.4 Å². The van der Waals surface area contributed by atoms with Crippen molar-refractivity contribution in [1.82, 2.24) is 19.1 Å². The maximum Gasteiger partial charge on any atom is 0.135 e. The summed E-state index contributed by atoms with van der Waals surface area (Å²) in [6, 6.07) is 95.5. The molecule has 16 rings (SSSR count). The minimum Gasteiger partial charge on any atom is -0.509 e. The van der Waals surface area contributed by atoms with Gasteiger partial charge in [0.15, 0.2) is 0 Å². The van der Waals surface area contributed by atoms with Crippen LogP contribution >= 0.6 is 0 Å². The average molecular weight is 1830 g/mol. The first-order chi connectivity index (χ1) is 52.3. The van der Waals surface area contributed by atoms with E-state index in [0.717, 1.165) is 100 Å². The molecule has 0 fully saturated rings. The number of allylic oxidation sites excluding steroid dienone is 2. The fourth-order valence-corrected chi connectivity index (χ4v) is 14.5. The van der Waals surface area contributed by atoms with Crippen molar-refractivity contribution in [2.24, 2.45) is 10.8 Å². The molecular weight excluding hydrogens is 1740 g/mol. The molecule has 576 valence electrons. The van der Waals surface area contributed by atoms with Crippen LogP contribution < -0.4 is 29.1 Å². The van der Waals surface area contributed by atoms with Crippen LogP contribution in [0.2, 0.25) is 0 Å². The molecule has 0 atom stereocenters. The summed E-state index contributed by atoms with van der Waals surface area (Å²) in [5.74, 6) is 4.14. The molecule has 14 aromatic rings. The van der Waals surface area contributed by atoms with Gasteiger partial charge in [0.25, 0.3) is 0 Å². The van der Waals surface area contributed by atoms with Crippen LogP contribution in [0.5, 0.6) is 23.0 Å². The molecule has 0 saturated carbocycles. The topological polar surface area (TPSA) is 67.1 Å². The van der Waals surface area contributed by atoms with Crippen LogP contribution in [0.1, 0.15) is 147 Å². The number of ether oxygens (including phenoxy) is 2. The molecule has 0 radical (unpaired) electrons. The molecule has 0 N–H and O–H groups in total. The number of rotatable bonds is 12. The van der Waals surface area contributed by atoms with Crippen molar-refractivity contribution in [3.63, 3.8) is 0 Å². The van der Waals surface area contributed by atoms with E-state index in [1.807, 2.05) is 36.7 Å². The van der Waals surface area contributed by atoms with E-state index in [1.165, 1.54) is 33.6 Å². The Morgan fingerprint density at radius 3 is 1.11 bits per heavy atom. The molecule has 10 aromatic carbocycles. The third kappa shape index (κ3) is 16.6. The molecule has 0 spiro atoms. The van der Waals surface area contributed by atoms with Crippen molar-refractivity contribution in [2.75, 3.05) is 19.6 Å². The van der Waals surface area contributed by atoms with E-state index in [2.05, 4.69) is 410 Å². The van der Waals surface area contributed by atoms with Gasteiger partial charge in [-0.1, -0.05) is 257 Å². The molecule has 0 unspecified atom stereocenters. The largest absolute Gasteiger partial charge is 0.509 e. The molecule has 2 aliphatic rings. The van der Waals surface area contributed by atoms with E-state index in [-0.39, 0.29) is 74.6 Å². The third-order valence-corrected chi connectivity index (χ3v) is 20.7. The molecule has 12 heteroatoms. The van der Waals surface area contributed by atoms with Crippen molar-refractivity contribution in [3.05, 3.63) is 327 Å². The van der Waals surface area contributed by atoms with Crippen LogP contribution in [0.15, 0.2) is 267 Å². The Balaban J connectivity index is 0.000000193. The Kier molecular flexibility index (Phi) is 22.1. The molecule has 2 aliphatic heterocycles. The van der Waals surface area contributed by atoms with E-state index in [1.54, 1.807) is 0 Å². The fourth-order valence-electron chi connectivity index (χ4n) is 14.5. The van der Waals surface area contributed by atoms with Gasteiger partial charge in [0, 0.05) is 122 Å². The Hall–Kier alpha value is -10.2. The number of benzene rings is 10. The maximum atomic E-state index is 6.75. The van der Waals surface area contributed by atoms with Crippen LogP contribution in [0.4, 0.5) is 22.7 Å². The number of fused-ring (bicyclic) bond motifs is 6. The van der Waals surface area contributed by atoms with Crippen LogP contribution in [-0.2, 0) is 63.8 Å².